The third-order valence-corrected chi connectivity index (χ3v) is 6.30. The van der Waals surface area contributed by atoms with Crippen LogP contribution in [-0.2, 0) is 14.4 Å². The van der Waals surface area contributed by atoms with Gasteiger partial charge in [-0.25, -0.2) is 9.69 Å². The molecule has 0 bridgehead atoms. The van der Waals surface area contributed by atoms with Crippen molar-refractivity contribution < 1.29 is 33.6 Å². The second-order valence-electron chi connectivity index (χ2n) is 8.11. The zero-order valence-corrected chi connectivity index (χ0v) is 22.8. The number of hydrogen-bond donors (Lipinski definition) is 2. The van der Waals surface area contributed by atoms with Gasteiger partial charge in [0.2, 0.25) is 0 Å². The number of imide groups is 2. The summed E-state index contributed by atoms with van der Waals surface area (Å²) in [5.74, 6) is -1.92. The molecule has 204 valence electrons. The van der Waals surface area contributed by atoms with E-state index in [1.165, 1.54) is 37.5 Å². The Balaban J connectivity index is 1.55. The number of carbonyl (C=O) groups is 4. The van der Waals surface area contributed by atoms with E-state index in [2.05, 4.69) is 26.6 Å². The number of nitrogens with zero attached hydrogens (tertiary/aromatic N) is 2. The maximum Gasteiger partial charge on any atom is 0.335 e. The first-order valence-corrected chi connectivity index (χ1v) is 12.5. The molecule has 1 fully saturated rings. The van der Waals surface area contributed by atoms with Gasteiger partial charge in [-0.15, -0.1) is 0 Å². The van der Waals surface area contributed by atoms with Crippen LogP contribution in [0.4, 0.5) is 21.9 Å². The molecule has 1 heterocycles. The van der Waals surface area contributed by atoms with Crippen molar-refractivity contribution in [1.29, 1.82) is 0 Å². The van der Waals surface area contributed by atoms with Crippen molar-refractivity contribution in [1.82, 2.24) is 5.32 Å². The Bertz CT molecular complexity index is 1560. The molecule has 1 aliphatic rings. The number of nitrogens with one attached hydrogen (secondary N) is 2. The van der Waals surface area contributed by atoms with Gasteiger partial charge in [0.05, 0.1) is 22.2 Å². The number of amides is 5. The monoisotopic (exact) mass is 628 g/mol. The Morgan fingerprint density at radius 1 is 1.12 bits per heavy atom. The first-order chi connectivity index (χ1) is 19.1. The smallest absolute Gasteiger partial charge is 0.335 e. The van der Waals surface area contributed by atoms with Crippen LogP contribution in [-0.4, -0.2) is 42.4 Å². The lowest BCUT2D eigenvalue weighted by molar-refractivity contribution is -0.384. The third-order valence-electron chi connectivity index (χ3n) is 5.46. The van der Waals surface area contributed by atoms with Gasteiger partial charge in [0.25, 0.3) is 23.4 Å². The van der Waals surface area contributed by atoms with Crippen LogP contribution in [0.15, 0.2) is 70.7 Å². The second-order valence-corrected chi connectivity index (χ2v) is 9.40. The van der Waals surface area contributed by atoms with Crippen LogP contribution < -0.4 is 25.0 Å². The molecule has 0 aromatic heterocycles. The minimum atomic E-state index is -1.000. The van der Waals surface area contributed by atoms with Crippen LogP contribution >= 0.6 is 27.5 Å². The summed E-state index contributed by atoms with van der Waals surface area (Å²) in [5.41, 5.74) is 0.289. The molecule has 0 spiro atoms. The average molecular weight is 630 g/mol. The lowest BCUT2D eigenvalue weighted by Crippen LogP contribution is -2.54. The molecule has 0 aliphatic carbocycles. The molecule has 0 atom stereocenters. The van der Waals surface area contributed by atoms with Gasteiger partial charge in [0, 0.05) is 22.8 Å². The number of nitro groups is 1. The van der Waals surface area contributed by atoms with Crippen LogP contribution in [0.5, 0.6) is 11.5 Å². The van der Waals surface area contributed by atoms with Gasteiger partial charge in [-0.2, -0.15) is 0 Å². The Labute approximate surface area is 239 Å². The molecular weight excluding hydrogens is 612 g/mol. The minimum absolute atomic E-state index is 0.0332. The largest absolute Gasteiger partial charge is 0.493 e. The number of anilines is 2. The Kier molecular flexibility index (Phi) is 8.46. The van der Waals surface area contributed by atoms with Crippen molar-refractivity contribution in [2.75, 3.05) is 23.9 Å². The lowest BCUT2D eigenvalue weighted by Gasteiger charge is -2.26. The number of non-ortho nitro benzene ring substituents is 1. The van der Waals surface area contributed by atoms with E-state index < -0.39 is 28.7 Å². The van der Waals surface area contributed by atoms with Crippen molar-refractivity contribution in [2.24, 2.45) is 0 Å². The molecule has 4 rings (SSSR count). The summed E-state index contributed by atoms with van der Waals surface area (Å²) in [4.78, 5) is 61.4. The average Bonchev–Trinajstić information content (AvgIpc) is 2.91. The van der Waals surface area contributed by atoms with E-state index in [0.717, 1.165) is 12.1 Å². The van der Waals surface area contributed by atoms with Gasteiger partial charge in [0.15, 0.2) is 18.1 Å². The summed E-state index contributed by atoms with van der Waals surface area (Å²) in [7, 11) is 1.37. The molecule has 14 heteroatoms. The molecule has 3 aromatic carbocycles. The van der Waals surface area contributed by atoms with Crippen LogP contribution in [0.3, 0.4) is 0 Å². The summed E-state index contributed by atoms with van der Waals surface area (Å²) in [6, 6.07) is 13.2. The van der Waals surface area contributed by atoms with Gasteiger partial charge >= 0.3 is 6.03 Å². The van der Waals surface area contributed by atoms with Gasteiger partial charge in [-0.3, -0.25) is 29.8 Å². The quantitative estimate of drug-likeness (QED) is 0.157. The molecule has 2 N–H and O–H groups in total. The fourth-order valence-electron chi connectivity index (χ4n) is 3.61. The maximum atomic E-state index is 13.1. The Morgan fingerprint density at radius 2 is 1.80 bits per heavy atom. The minimum Gasteiger partial charge on any atom is -0.493 e. The van der Waals surface area contributed by atoms with E-state index in [4.69, 9.17) is 21.1 Å². The fraction of sp³-hybridized carbons (Fsp3) is 0.0769. The van der Waals surface area contributed by atoms with E-state index >= 15 is 0 Å². The number of hydrogen-bond acceptors (Lipinski definition) is 8. The molecule has 3 aromatic rings. The number of benzene rings is 3. The molecule has 1 aliphatic heterocycles. The van der Waals surface area contributed by atoms with E-state index in [-0.39, 0.29) is 35.1 Å². The van der Waals surface area contributed by atoms with E-state index in [0.29, 0.717) is 25.6 Å². The van der Waals surface area contributed by atoms with Gasteiger partial charge in [-0.05, 0) is 76.1 Å². The first-order valence-electron chi connectivity index (χ1n) is 11.3. The molecule has 12 nitrogen and oxygen atoms in total. The highest BCUT2D eigenvalue weighted by atomic mass is 79.9. The van der Waals surface area contributed by atoms with Crippen molar-refractivity contribution in [3.05, 3.63) is 91.4 Å². The van der Waals surface area contributed by atoms with Crippen LogP contribution in [0, 0.1) is 10.1 Å². The fourth-order valence-corrected chi connectivity index (χ4v) is 4.31. The first kappa shape index (κ1) is 28.3. The lowest BCUT2D eigenvalue weighted by atomic mass is 10.1. The Morgan fingerprint density at radius 3 is 2.42 bits per heavy atom. The van der Waals surface area contributed by atoms with Crippen LogP contribution in [0.1, 0.15) is 5.56 Å². The third kappa shape index (κ3) is 6.27. The highest BCUT2D eigenvalue weighted by molar-refractivity contribution is 9.10. The highest BCUT2D eigenvalue weighted by Crippen LogP contribution is 2.37. The zero-order valence-electron chi connectivity index (χ0n) is 20.5. The van der Waals surface area contributed by atoms with Gasteiger partial charge < -0.3 is 14.8 Å². The molecule has 40 heavy (non-hydrogen) atoms. The number of methoxy groups -OCH3 is 1. The zero-order chi connectivity index (χ0) is 29.0. The summed E-state index contributed by atoms with van der Waals surface area (Å²) in [6.45, 7) is -0.356. The van der Waals surface area contributed by atoms with Gasteiger partial charge in [-0.1, -0.05) is 11.6 Å². The number of nitro benzene ring substituents is 1. The molecule has 1 saturated heterocycles. The molecule has 0 saturated carbocycles. The summed E-state index contributed by atoms with van der Waals surface area (Å²) in [6.07, 6.45) is 1.24. The van der Waals surface area contributed by atoms with Crippen molar-refractivity contribution >= 4 is 74.4 Å². The number of ether oxygens (including phenoxy) is 2. The van der Waals surface area contributed by atoms with E-state index in [1.807, 2.05) is 0 Å². The van der Waals surface area contributed by atoms with Crippen molar-refractivity contribution in [3.63, 3.8) is 0 Å². The maximum absolute atomic E-state index is 13.1. The normalized spacial score (nSPS) is 14.1. The Hall–Kier alpha value is -4.75. The summed E-state index contributed by atoms with van der Waals surface area (Å²) >= 11 is 9.20. The van der Waals surface area contributed by atoms with Crippen molar-refractivity contribution in [2.45, 2.75) is 0 Å². The summed E-state index contributed by atoms with van der Waals surface area (Å²) < 4.78 is 11.4. The highest BCUT2D eigenvalue weighted by Gasteiger charge is 2.37. The predicted molar refractivity (Wildman–Crippen MR) is 148 cm³/mol. The van der Waals surface area contributed by atoms with E-state index in [1.54, 1.807) is 24.3 Å². The molecular formula is C26H18BrClN4O8. The van der Waals surface area contributed by atoms with Crippen LogP contribution in [0.25, 0.3) is 6.08 Å². The van der Waals surface area contributed by atoms with Gasteiger partial charge in [0.1, 0.15) is 5.57 Å². The predicted octanol–water partition coefficient (Wildman–Crippen LogP) is 4.70. The summed E-state index contributed by atoms with van der Waals surface area (Å²) in [5, 5.41) is 16.2. The molecule has 0 radical (unpaired) electrons. The standard InChI is InChI=1S/C26H18BrClN4O8/c1-39-21-12-14(11-20(27)23(21)40-13-22(33)29-16-4-2-15(28)3-5-16)10-19-24(34)30-26(36)31(25(19)35)17-6-8-18(9-7-17)32(37)38/h2-12H,13H2,1H3,(H,29,33)(H,30,34,36)/b19-10+. The van der Waals surface area contributed by atoms with Crippen LogP contribution in [0.2, 0.25) is 5.02 Å². The number of halogens is 2. The SMILES string of the molecule is COc1cc(/C=C2\C(=O)NC(=O)N(c3ccc([N+](=O)[O-])cc3)C2=O)cc(Br)c1OCC(=O)Nc1ccc(Cl)cc1. The molecule has 0 unspecified atom stereocenters. The van der Waals surface area contributed by atoms with E-state index in [9.17, 15) is 29.3 Å². The number of carbonyl (C=O) groups excluding carboxylic acids is 4. The number of barbiturate groups is 1. The molecule has 5 amide bonds. The number of urea groups is 1. The topological polar surface area (TPSA) is 157 Å². The number of rotatable bonds is 8. The van der Waals surface area contributed by atoms with Crippen molar-refractivity contribution in [3.8, 4) is 11.5 Å². The second kappa shape index (κ2) is 12.0.